The molecule has 30 heavy (non-hydrogen) atoms. The minimum absolute atomic E-state index is 0.328. The molecule has 164 valence electrons. The lowest BCUT2D eigenvalue weighted by Gasteiger charge is -2.27. The molecule has 0 aliphatic heterocycles. The van der Waals surface area contributed by atoms with Gasteiger partial charge < -0.3 is 20.5 Å². The standard InChI is InChI=1S/C23H30Cl2N2O3/c1-23(2,3)30-22(29)27-20(14-16-7-5-4-6-8-16)21(28)15-26-12-11-17-9-10-18(24)19(25)13-17/h4-10,13,20-21,26,28H,11-12,14-15H2,1-3H3,(H,27,29)/t20-,21-/m0/s1. The van der Waals surface area contributed by atoms with E-state index in [9.17, 15) is 9.90 Å². The highest BCUT2D eigenvalue weighted by Gasteiger charge is 2.24. The van der Waals surface area contributed by atoms with Gasteiger partial charge in [-0.25, -0.2) is 4.79 Å². The molecule has 2 atom stereocenters. The molecule has 1 amide bonds. The number of alkyl carbamates (subject to hydrolysis) is 1. The lowest BCUT2D eigenvalue weighted by Crippen LogP contribution is -2.50. The first kappa shape index (κ1) is 24.5. The molecule has 0 spiro atoms. The number of rotatable bonds is 9. The normalized spacial score (nSPS) is 13.5. The van der Waals surface area contributed by atoms with Crippen molar-refractivity contribution in [2.45, 2.75) is 51.4 Å². The Bertz CT molecular complexity index is 810. The fourth-order valence-electron chi connectivity index (χ4n) is 2.93. The zero-order valence-electron chi connectivity index (χ0n) is 17.6. The molecule has 5 nitrogen and oxygen atoms in total. The fourth-order valence-corrected chi connectivity index (χ4v) is 3.25. The maximum Gasteiger partial charge on any atom is 0.407 e. The number of halogens is 2. The smallest absolute Gasteiger partial charge is 0.407 e. The quantitative estimate of drug-likeness (QED) is 0.485. The Morgan fingerprint density at radius 2 is 1.77 bits per heavy atom. The van der Waals surface area contributed by atoms with E-state index in [-0.39, 0.29) is 0 Å². The Balaban J connectivity index is 1.91. The Morgan fingerprint density at radius 3 is 2.40 bits per heavy atom. The molecular formula is C23H30Cl2N2O3. The molecule has 0 aromatic heterocycles. The Kier molecular flexibility index (Phi) is 9.43. The molecule has 2 aromatic rings. The van der Waals surface area contributed by atoms with E-state index in [0.29, 0.717) is 29.6 Å². The van der Waals surface area contributed by atoms with Crippen LogP contribution in [0, 0.1) is 0 Å². The number of hydrogen-bond donors (Lipinski definition) is 3. The van der Waals surface area contributed by atoms with Gasteiger partial charge in [0.15, 0.2) is 0 Å². The van der Waals surface area contributed by atoms with Crippen LogP contribution in [0.15, 0.2) is 48.5 Å². The summed E-state index contributed by atoms with van der Waals surface area (Å²) >= 11 is 12.0. The molecule has 0 bridgehead atoms. The minimum Gasteiger partial charge on any atom is -0.444 e. The molecule has 7 heteroatoms. The van der Waals surface area contributed by atoms with Gasteiger partial charge in [-0.2, -0.15) is 0 Å². The maximum absolute atomic E-state index is 12.2. The van der Waals surface area contributed by atoms with Gasteiger partial charge in [-0.1, -0.05) is 59.6 Å². The second kappa shape index (κ2) is 11.6. The number of ether oxygens (including phenoxy) is 1. The average molecular weight is 453 g/mol. The molecular weight excluding hydrogens is 423 g/mol. The molecule has 0 heterocycles. The zero-order chi connectivity index (χ0) is 22.1. The summed E-state index contributed by atoms with van der Waals surface area (Å²) in [4.78, 5) is 12.2. The number of aliphatic hydroxyl groups is 1. The van der Waals surface area contributed by atoms with Crippen molar-refractivity contribution in [2.75, 3.05) is 13.1 Å². The molecule has 0 saturated carbocycles. The molecule has 2 aromatic carbocycles. The summed E-state index contributed by atoms with van der Waals surface area (Å²) in [5.41, 5.74) is 1.47. The topological polar surface area (TPSA) is 70.6 Å². The minimum atomic E-state index is -0.786. The number of benzene rings is 2. The predicted octanol–water partition coefficient (Wildman–Crippen LogP) is 4.62. The summed E-state index contributed by atoms with van der Waals surface area (Å²) in [5.74, 6) is 0. The van der Waals surface area contributed by atoms with E-state index in [1.165, 1.54) is 0 Å². The molecule has 0 unspecified atom stereocenters. The lowest BCUT2D eigenvalue weighted by atomic mass is 10.0. The van der Waals surface area contributed by atoms with Crippen LogP contribution in [0.4, 0.5) is 4.79 Å². The van der Waals surface area contributed by atoms with Crippen LogP contribution in [0.3, 0.4) is 0 Å². The van der Waals surface area contributed by atoms with Crippen LogP contribution in [0.1, 0.15) is 31.9 Å². The molecule has 2 rings (SSSR count). The van der Waals surface area contributed by atoms with Crippen LogP contribution in [-0.4, -0.2) is 42.0 Å². The first-order chi connectivity index (χ1) is 14.1. The highest BCUT2D eigenvalue weighted by atomic mass is 35.5. The van der Waals surface area contributed by atoms with E-state index in [4.69, 9.17) is 27.9 Å². The Labute approximate surface area is 188 Å². The van der Waals surface area contributed by atoms with Crippen LogP contribution in [0.5, 0.6) is 0 Å². The van der Waals surface area contributed by atoms with E-state index < -0.39 is 23.8 Å². The van der Waals surface area contributed by atoms with Crippen LogP contribution < -0.4 is 10.6 Å². The Hall–Kier alpha value is -1.79. The summed E-state index contributed by atoms with van der Waals surface area (Å²) in [6, 6.07) is 14.8. The van der Waals surface area contributed by atoms with E-state index in [2.05, 4.69) is 10.6 Å². The second-order valence-corrected chi connectivity index (χ2v) is 9.03. The largest absolute Gasteiger partial charge is 0.444 e. The van der Waals surface area contributed by atoms with Crippen molar-refractivity contribution in [1.82, 2.24) is 10.6 Å². The van der Waals surface area contributed by atoms with Gasteiger partial charge in [-0.05, 0) is 63.4 Å². The fraction of sp³-hybridized carbons (Fsp3) is 0.435. The number of aliphatic hydroxyl groups excluding tert-OH is 1. The highest BCUT2D eigenvalue weighted by Crippen LogP contribution is 2.22. The summed E-state index contributed by atoms with van der Waals surface area (Å²) < 4.78 is 5.36. The Morgan fingerprint density at radius 1 is 1.07 bits per heavy atom. The molecule has 0 saturated heterocycles. The molecule has 0 aliphatic rings. The van der Waals surface area contributed by atoms with Gasteiger partial charge in [-0.3, -0.25) is 0 Å². The van der Waals surface area contributed by atoms with Crippen LogP contribution in [0.25, 0.3) is 0 Å². The molecule has 0 radical (unpaired) electrons. The van der Waals surface area contributed by atoms with Crippen molar-refractivity contribution in [3.8, 4) is 0 Å². The summed E-state index contributed by atoms with van der Waals surface area (Å²) in [5, 5.41) is 17.8. The number of hydrogen-bond acceptors (Lipinski definition) is 4. The first-order valence-electron chi connectivity index (χ1n) is 10.00. The van der Waals surface area contributed by atoms with E-state index in [0.717, 1.165) is 17.5 Å². The monoisotopic (exact) mass is 452 g/mol. The van der Waals surface area contributed by atoms with E-state index in [1.54, 1.807) is 26.8 Å². The third-order valence-corrected chi connectivity index (χ3v) is 5.13. The van der Waals surface area contributed by atoms with Crippen LogP contribution >= 0.6 is 23.2 Å². The molecule has 0 aliphatic carbocycles. The predicted molar refractivity (Wildman–Crippen MR) is 122 cm³/mol. The highest BCUT2D eigenvalue weighted by molar-refractivity contribution is 6.42. The van der Waals surface area contributed by atoms with Crippen molar-refractivity contribution in [2.24, 2.45) is 0 Å². The lowest BCUT2D eigenvalue weighted by molar-refractivity contribution is 0.0423. The van der Waals surface area contributed by atoms with Crippen molar-refractivity contribution in [3.05, 3.63) is 69.7 Å². The first-order valence-corrected chi connectivity index (χ1v) is 10.8. The molecule has 3 N–H and O–H groups in total. The average Bonchev–Trinajstić information content (AvgIpc) is 2.66. The van der Waals surface area contributed by atoms with Gasteiger partial charge in [-0.15, -0.1) is 0 Å². The van der Waals surface area contributed by atoms with Gasteiger partial charge in [0.25, 0.3) is 0 Å². The van der Waals surface area contributed by atoms with Gasteiger partial charge >= 0.3 is 6.09 Å². The number of amides is 1. The van der Waals surface area contributed by atoms with Crippen molar-refractivity contribution in [1.29, 1.82) is 0 Å². The van der Waals surface area contributed by atoms with Gasteiger partial charge in [0.05, 0.1) is 22.2 Å². The van der Waals surface area contributed by atoms with E-state index in [1.807, 2.05) is 42.5 Å². The number of nitrogens with one attached hydrogen (secondary N) is 2. The number of carbonyl (C=O) groups is 1. The zero-order valence-corrected chi connectivity index (χ0v) is 19.1. The van der Waals surface area contributed by atoms with Crippen LogP contribution in [0.2, 0.25) is 10.0 Å². The third kappa shape index (κ3) is 8.92. The van der Waals surface area contributed by atoms with Gasteiger partial charge in [0, 0.05) is 6.54 Å². The summed E-state index contributed by atoms with van der Waals surface area (Å²) in [7, 11) is 0. The van der Waals surface area contributed by atoms with Crippen molar-refractivity contribution >= 4 is 29.3 Å². The second-order valence-electron chi connectivity index (χ2n) is 8.21. The summed E-state index contributed by atoms with van der Waals surface area (Å²) in [6.07, 6.45) is -0.0906. The van der Waals surface area contributed by atoms with Crippen molar-refractivity contribution < 1.29 is 14.6 Å². The van der Waals surface area contributed by atoms with Gasteiger partial charge in [0.1, 0.15) is 5.60 Å². The SMILES string of the molecule is CC(C)(C)OC(=O)N[C@@H](Cc1ccccc1)[C@@H](O)CNCCc1ccc(Cl)c(Cl)c1. The summed E-state index contributed by atoms with van der Waals surface area (Å²) in [6.45, 7) is 6.40. The van der Waals surface area contributed by atoms with Gasteiger partial charge in [0.2, 0.25) is 0 Å². The van der Waals surface area contributed by atoms with Crippen molar-refractivity contribution in [3.63, 3.8) is 0 Å². The van der Waals surface area contributed by atoms with Crippen LogP contribution in [-0.2, 0) is 17.6 Å². The van der Waals surface area contributed by atoms with E-state index >= 15 is 0 Å². The molecule has 0 fully saturated rings. The number of carbonyl (C=O) groups excluding carboxylic acids is 1. The third-order valence-electron chi connectivity index (χ3n) is 4.39. The maximum atomic E-state index is 12.2.